The van der Waals surface area contributed by atoms with Gasteiger partial charge in [-0.25, -0.2) is 4.98 Å². The Balaban J connectivity index is 1.23. The van der Waals surface area contributed by atoms with E-state index in [4.69, 9.17) is 23.2 Å². The minimum Gasteiger partial charge on any atom is -0.353 e. The Morgan fingerprint density at radius 3 is 2.41 bits per heavy atom. The van der Waals surface area contributed by atoms with Gasteiger partial charge < -0.3 is 10.2 Å². The minimum atomic E-state index is -0.110. The van der Waals surface area contributed by atoms with Gasteiger partial charge in [0.05, 0.1) is 10.6 Å². The lowest BCUT2D eigenvalue weighted by molar-refractivity contribution is 0.0952. The fourth-order valence-electron chi connectivity index (χ4n) is 4.86. The molecule has 0 spiro atoms. The molecule has 1 aromatic carbocycles. The predicted octanol–water partition coefficient (Wildman–Crippen LogP) is 4.70. The Hall–Kier alpha value is -1.86. The highest BCUT2D eigenvalue weighted by molar-refractivity contribution is 6.33. The third kappa shape index (κ3) is 6.63. The molecule has 0 unspecified atom stereocenters. The van der Waals surface area contributed by atoms with Crippen LogP contribution in [-0.4, -0.2) is 72.5 Å². The van der Waals surface area contributed by atoms with Crippen LogP contribution in [0.3, 0.4) is 0 Å². The number of rotatable bonds is 8. The van der Waals surface area contributed by atoms with E-state index < -0.39 is 0 Å². The second-order valence-electron chi connectivity index (χ2n) is 9.30. The molecule has 2 aliphatic heterocycles. The SMILES string of the molecule is CCCCNC(=O)c1cnc(N2CCN(C3CCN(Cc4ccc(Cl)cc4)CC3)CC2)c(Cl)c1. The molecule has 0 atom stereocenters. The Morgan fingerprint density at radius 2 is 1.76 bits per heavy atom. The number of pyridine rings is 1. The summed E-state index contributed by atoms with van der Waals surface area (Å²) >= 11 is 12.5. The number of hydrogen-bond acceptors (Lipinski definition) is 5. The van der Waals surface area contributed by atoms with E-state index >= 15 is 0 Å². The van der Waals surface area contributed by atoms with Gasteiger partial charge in [-0.15, -0.1) is 0 Å². The number of nitrogens with zero attached hydrogens (tertiary/aromatic N) is 4. The van der Waals surface area contributed by atoms with Gasteiger partial charge in [0.15, 0.2) is 0 Å². The Morgan fingerprint density at radius 1 is 1.06 bits per heavy atom. The number of aromatic nitrogens is 1. The minimum absolute atomic E-state index is 0.110. The van der Waals surface area contributed by atoms with Gasteiger partial charge in [-0.3, -0.25) is 14.6 Å². The smallest absolute Gasteiger partial charge is 0.252 e. The van der Waals surface area contributed by atoms with E-state index in [2.05, 4.69) is 44.1 Å². The molecule has 1 amide bonds. The van der Waals surface area contributed by atoms with Gasteiger partial charge in [0.25, 0.3) is 5.91 Å². The van der Waals surface area contributed by atoms with E-state index in [-0.39, 0.29) is 5.91 Å². The lowest BCUT2D eigenvalue weighted by atomic mass is 10.0. The summed E-state index contributed by atoms with van der Waals surface area (Å²) in [6.45, 7) is 9.86. The maximum Gasteiger partial charge on any atom is 0.252 e. The molecule has 3 heterocycles. The van der Waals surface area contributed by atoms with Crippen molar-refractivity contribution in [3.63, 3.8) is 0 Å². The van der Waals surface area contributed by atoms with Crippen LogP contribution in [0.25, 0.3) is 0 Å². The number of piperidine rings is 1. The zero-order valence-electron chi connectivity index (χ0n) is 20.0. The zero-order valence-corrected chi connectivity index (χ0v) is 21.5. The number of benzene rings is 1. The summed E-state index contributed by atoms with van der Waals surface area (Å²) in [6.07, 6.45) is 6.07. The molecule has 2 fully saturated rings. The van der Waals surface area contributed by atoms with Crippen LogP contribution in [-0.2, 0) is 6.54 Å². The van der Waals surface area contributed by atoms with Gasteiger partial charge in [-0.05, 0) is 56.1 Å². The van der Waals surface area contributed by atoms with Gasteiger partial charge in [-0.2, -0.15) is 0 Å². The first-order valence-corrected chi connectivity index (χ1v) is 13.2. The van der Waals surface area contributed by atoms with Gasteiger partial charge in [0.1, 0.15) is 5.82 Å². The first-order valence-electron chi connectivity index (χ1n) is 12.4. The molecule has 184 valence electrons. The number of piperazine rings is 1. The molecule has 8 heteroatoms. The molecule has 34 heavy (non-hydrogen) atoms. The van der Waals surface area contributed by atoms with Crippen LogP contribution >= 0.6 is 23.2 Å². The van der Waals surface area contributed by atoms with Crippen molar-refractivity contribution in [2.75, 3.05) is 50.7 Å². The summed E-state index contributed by atoms with van der Waals surface area (Å²) in [6, 6.07) is 10.6. The van der Waals surface area contributed by atoms with Crippen molar-refractivity contribution in [2.24, 2.45) is 0 Å². The van der Waals surface area contributed by atoms with E-state index in [0.717, 1.165) is 69.5 Å². The normalized spacial score (nSPS) is 18.3. The van der Waals surface area contributed by atoms with Crippen molar-refractivity contribution in [2.45, 2.75) is 45.2 Å². The third-order valence-corrected chi connectivity index (χ3v) is 7.44. The highest BCUT2D eigenvalue weighted by Gasteiger charge is 2.28. The number of nitrogens with one attached hydrogen (secondary N) is 1. The molecule has 1 aromatic heterocycles. The first kappa shape index (κ1) is 25.2. The molecule has 0 radical (unpaired) electrons. The number of hydrogen-bond donors (Lipinski definition) is 1. The van der Waals surface area contributed by atoms with Crippen molar-refractivity contribution in [1.82, 2.24) is 20.1 Å². The van der Waals surface area contributed by atoms with E-state index in [1.165, 1.54) is 18.4 Å². The summed E-state index contributed by atoms with van der Waals surface area (Å²) in [5.74, 6) is 0.672. The van der Waals surface area contributed by atoms with Crippen LogP contribution < -0.4 is 10.2 Å². The highest BCUT2D eigenvalue weighted by Crippen LogP contribution is 2.27. The van der Waals surface area contributed by atoms with E-state index in [1.807, 2.05) is 12.1 Å². The van der Waals surface area contributed by atoms with Crippen LogP contribution in [0.5, 0.6) is 0 Å². The standard InChI is InChI=1S/C26H35Cl2N5O/c1-2-3-10-29-26(34)21-17-24(28)25(30-18-21)33-15-13-32(14-16-33)23-8-11-31(12-9-23)19-20-4-6-22(27)7-5-20/h4-7,17-18,23H,2-3,8-16,19H2,1H3,(H,29,34). The summed E-state index contributed by atoms with van der Waals surface area (Å²) in [7, 11) is 0. The number of anilines is 1. The van der Waals surface area contributed by atoms with Crippen LogP contribution in [0, 0.1) is 0 Å². The molecule has 0 aliphatic carbocycles. The number of halogens is 2. The molecule has 6 nitrogen and oxygen atoms in total. The molecular formula is C26H35Cl2N5O. The largest absolute Gasteiger partial charge is 0.353 e. The van der Waals surface area contributed by atoms with E-state index in [1.54, 1.807) is 12.3 Å². The summed E-state index contributed by atoms with van der Waals surface area (Å²) in [4.78, 5) is 24.2. The molecule has 2 saturated heterocycles. The van der Waals surface area contributed by atoms with Crippen LogP contribution in [0.15, 0.2) is 36.5 Å². The predicted molar refractivity (Wildman–Crippen MR) is 140 cm³/mol. The summed E-state index contributed by atoms with van der Waals surface area (Å²) in [5.41, 5.74) is 1.85. The van der Waals surface area contributed by atoms with E-state index in [0.29, 0.717) is 23.2 Å². The Labute approximate surface area is 213 Å². The van der Waals surface area contributed by atoms with Crippen molar-refractivity contribution in [3.05, 3.63) is 57.7 Å². The number of carbonyl (C=O) groups excluding carboxylic acids is 1. The Bertz CT molecular complexity index is 939. The fraction of sp³-hybridized carbons (Fsp3) is 0.538. The second kappa shape index (κ2) is 12.2. The average molecular weight is 505 g/mol. The monoisotopic (exact) mass is 503 g/mol. The molecule has 1 N–H and O–H groups in total. The molecule has 0 bridgehead atoms. The number of unbranched alkanes of at least 4 members (excludes halogenated alkanes) is 1. The van der Waals surface area contributed by atoms with Crippen molar-refractivity contribution in [1.29, 1.82) is 0 Å². The lowest BCUT2D eigenvalue weighted by Crippen LogP contribution is -2.53. The molecular weight excluding hydrogens is 469 g/mol. The number of carbonyl (C=O) groups is 1. The van der Waals surface area contributed by atoms with E-state index in [9.17, 15) is 4.79 Å². The van der Waals surface area contributed by atoms with Crippen LogP contribution in [0.4, 0.5) is 5.82 Å². The van der Waals surface area contributed by atoms with Gasteiger partial charge in [0, 0.05) is 56.5 Å². The first-order chi connectivity index (χ1) is 16.5. The van der Waals surface area contributed by atoms with Crippen molar-refractivity contribution < 1.29 is 4.79 Å². The van der Waals surface area contributed by atoms with Crippen LogP contribution in [0.2, 0.25) is 10.0 Å². The summed E-state index contributed by atoms with van der Waals surface area (Å²) < 4.78 is 0. The van der Waals surface area contributed by atoms with Crippen molar-refractivity contribution >= 4 is 34.9 Å². The number of likely N-dealkylation sites (tertiary alicyclic amines) is 1. The maximum absolute atomic E-state index is 12.3. The molecule has 4 rings (SSSR count). The molecule has 0 saturated carbocycles. The summed E-state index contributed by atoms with van der Waals surface area (Å²) in [5, 5.41) is 4.26. The maximum atomic E-state index is 12.3. The van der Waals surface area contributed by atoms with Gasteiger partial charge >= 0.3 is 0 Å². The Kier molecular flexibility index (Phi) is 9.06. The highest BCUT2D eigenvalue weighted by atomic mass is 35.5. The topological polar surface area (TPSA) is 51.7 Å². The molecule has 2 aliphatic rings. The lowest BCUT2D eigenvalue weighted by Gasteiger charge is -2.43. The third-order valence-electron chi connectivity index (χ3n) is 6.91. The van der Waals surface area contributed by atoms with Crippen molar-refractivity contribution in [3.8, 4) is 0 Å². The van der Waals surface area contributed by atoms with Gasteiger partial charge in [0.2, 0.25) is 0 Å². The van der Waals surface area contributed by atoms with Gasteiger partial charge in [-0.1, -0.05) is 48.7 Å². The molecule has 2 aromatic rings. The number of amides is 1. The second-order valence-corrected chi connectivity index (χ2v) is 10.1. The fourth-order valence-corrected chi connectivity index (χ4v) is 5.27. The average Bonchev–Trinajstić information content (AvgIpc) is 2.86. The zero-order chi connectivity index (χ0) is 23.9. The van der Waals surface area contributed by atoms with Crippen LogP contribution in [0.1, 0.15) is 48.5 Å². The quantitative estimate of drug-likeness (QED) is 0.528.